The van der Waals surface area contributed by atoms with Crippen LogP contribution >= 0.6 is 0 Å². The average Bonchev–Trinajstić information content (AvgIpc) is 3.35. The molecule has 3 aromatic rings. The van der Waals surface area contributed by atoms with Crippen molar-refractivity contribution in [3.8, 4) is 11.8 Å². The summed E-state index contributed by atoms with van der Waals surface area (Å²) in [6, 6.07) is 5.69. The van der Waals surface area contributed by atoms with Gasteiger partial charge >= 0.3 is 0 Å². The molecule has 0 aliphatic carbocycles. The summed E-state index contributed by atoms with van der Waals surface area (Å²) >= 11 is 0. The van der Waals surface area contributed by atoms with Gasteiger partial charge in [-0.15, -0.1) is 0 Å². The van der Waals surface area contributed by atoms with Gasteiger partial charge < -0.3 is 19.4 Å². The van der Waals surface area contributed by atoms with E-state index in [1.165, 1.54) is 0 Å². The molecule has 0 radical (unpaired) electrons. The number of aromatic nitrogens is 5. The highest BCUT2D eigenvalue weighted by Crippen LogP contribution is 2.21. The Morgan fingerprint density at radius 3 is 2.34 bits per heavy atom. The van der Waals surface area contributed by atoms with Crippen LogP contribution < -0.4 is 14.7 Å². The fourth-order valence-corrected chi connectivity index (χ4v) is 4.34. The van der Waals surface area contributed by atoms with E-state index >= 15 is 0 Å². The Morgan fingerprint density at radius 2 is 1.66 bits per heavy atom. The first-order valence-corrected chi connectivity index (χ1v) is 11.7. The number of rotatable bonds is 5. The molecule has 3 aromatic heterocycles. The van der Waals surface area contributed by atoms with Crippen molar-refractivity contribution in [1.82, 2.24) is 24.9 Å². The molecule has 5 rings (SSSR count). The first-order valence-electron chi connectivity index (χ1n) is 11.7. The Balaban J connectivity index is 1.22. The number of hydrogen-bond donors (Lipinski definition) is 0. The molecule has 0 aromatic carbocycles. The van der Waals surface area contributed by atoms with Crippen molar-refractivity contribution in [2.24, 2.45) is 0 Å². The fraction of sp³-hybridized carbons (Fsp3) is 0.400. The van der Waals surface area contributed by atoms with E-state index in [4.69, 9.17) is 4.74 Å². The third-order valence-corrected chi connectivity index (χ3v) is 6.13. The lowest BCUT2D eigenvalue weighted by molar-refractivity contribution is 0.173. The average molecular weight is 475 g/mol. The molecular weight excluding hydrogens is 447 g/mol. The minimum Gasteiger partial charge on any atom is -0.382 e. The van der Waals surface area contributed by atoms with E-state index in [-0.39, 0.29) is 6.04 Å². The summed E-state index contributed by atoms with van der Waals surface area (Å²) in [5, 5.41) is 0. The van der Waals surface area contributed by atoms with Crippen molar-refractivity contribution >= 4 is 17.7 Å². The third kappa shape index (κ3) is 5.46. The van der Waals surface area contributed by atoms with E-state index < -0.39 is 6.17 Å². The predicted molar refractivity (Wildman–Crippen MR) is 131 cm³/mol. The number of hydrogen-bond acceptors (Lipinski definition) is 9. The maximum atomic E-state index is 13.4. The minimum absolute atomic E-state index is 0.0889. The largest absolute Gasteiger partial charge is 0.382 e. The molecular formula is C25H27FN8O. The quantitative estimate of drug-likeness (QED) is 0.515. The van der Waals surface area contributed by atoms with Gasteiger partial charge in [0, 0.05) is 69.8 Å². The van der Waals surface area contributed by atoms with Crippen molar-refractivity contribution in [2.75, 3.05) is 61.1 Å². The van der Waals surface area contributed by atoms with Crippen LogP contribution in [0.5, 0.6) is 0 Å². The molecule has 2 saturated heterocycles. The zero-order valence-electron chi connectivity index (χ0n) is 19.6. The molecule has 0 unspecified atom stereocenters. The first kappa shape index (κ1) is 22.9. The van der Waals surface area contributed by atoms with Crippen molar-refractivity contribution < 1.29 is 9.13 Å². The van der Waals surface area contributed by atoms with Gasteiger partial charge in [0.1, 0.15) is 12.0 Å². The van der Waals surface area contributed by atoms with Crippen molar-refractivity contribution in [3.63, 3.8) is 0 Å². The number of alkyl halides is 1. The molecule has 2 aliphatic heterocycles. The number of ether oxygens (including phenoxy) is 1. The van der Waals surface area contributed by atoms with Crippen molar-refractivity contribution in [2.45, 2.75) is 18.6 Å². The van der Waals surface area contributed by atoms with Crippen LogP contribution in [0.1, 0.15) is 17.5 Å². The molecule has 0 N–H and O–H groups in total. The summed E-state index contributed by atoms with van der Waals surface area (Å²) in [4.78, 5) is 28.6. The molecule has 9 nitrogen and oxygen atoms in total. The number of anilines is 3. The van der Waals surface area contributed by atoms with E-state index in [1.807, 2.05) is 23.1 Å². The van der Waals surface area contributed by atoms with Crippen LogP contribution in [0.3, 0.4) is 0 Å². The molecule has 0 bridgehead atoms. The van der Waals surface area contributed by atoms with Gasteiger partial charge in [-0.3, -0.25) is 0 Å². The van der Waals surface area contributed by atoms with Crippen LogP contribution in [0, 0.1) is 11.8 Å². The van der Waals surface area contributed by atoms with Crippen LogP contribution in [-0.2, 0) is 4.74 Å². The molecule has 0 amide bonds. The number of pyridine rings is 1. The summed E-state index contributed by atoms with van der Waals surface area (Å²) < 4.78 is 18.9. The monoisotopic (exact) mass is 474 g/mol. The molecule has 2 aliphatic rings. The Hall–Kier alpha value is -3.84. The highest BCUT2D eigenvalue weighted by molar-refractivity contribution is 5.47. The molecule has 2 fully saturated rings. The normalized spacial score (nSPS) is 20.0. The fourth-order valence-electron chi connectivity index (χ4n) is 4.34. The molecule has 180 valence electrons. The van der Waals surface area contributed by atoms with Crippen LogP contribution in [0.25, 0.3) is 0 Å². The van der Waals surface area contributed by atoms with Crippen molar-refractivity contribution in [3.05, 3.63) is 60.3 Å². The zero-order valence-corrected chi connectivity index (χ0v) is 19.6. The van der Waals surface area contributed by atoms with Gasteiger partial charge in [0.25, 0.3) is 0 Å². The van der Waals surface area contributed by atoms with Gasteiger partial charge in [-0.2, -0.15) is 0 Å². The minimum atomic E-state index is -0.771. The molecule has 0 saturated carbocycles. The highest BCUT2D eigenvalue weighted by Gasteiger charge is 2.30. The van der Waals surface area contributed by atoms with Crippen LogP contribution in [0.15, 0.2) is 49.2 Å². The van der Waals surface area contributed by atoms with E-state index in [1.54, 1.807) is 38.1 Å². The number of nitrogens with zero attached hydrogens (tertiary/aromatic N) is 8. The lowest BCUT2D eigenvalue weighted by atomic mass is 10.2. The summed E-state index contributed by atoms with van der Waals surface area (Å²) in [7, 11) is 1.70. The summed E-state index contributed by atoms with van der Waals surface area (Å²) in [5.41, 5.74) is 1.51. The number of piperazine rings is 1. The summed E-state index contributed by atoms with van der Waals surface area (Å²) in [6.07, 6.45) is 8.48. The molecule has 2 atom stereocenters. The smallest absolute Gasteiger partial charge is 0.225 e. The van der Waals surface area contributed by atoms with E-state index in [0.29, 0.717) is 44.6 Å². The van der Waals surface area contributed by atoms with E-state index in [2.05, 4.69) is 46.6 Å². The van der Waals surface area contributed by atoms with Gasteiger partial charge in [-0.05, 0) is 24.6 Å². The van der Waals surface area contributed by atoms with E-state index in [0.717, 1.165) is 30.0 Å². The number of halogens is 1. The third-order valence-electron chi connectivity index (χ3n) is 6.13. The predicted octanol–water partition coefficient (Wildman–Crippen LogP) is 1.95. The lowest BCUT2D eigenvalue weighted by Gasteiger charge is -2.41. The Kier molecular flexibility index (Phi) is 6.95. The van der Waals surface area contributed by atoms with Crippen LogP contribution in [0.4, 0.5) is 22.1 Å². The number of methoxy groups -OCH3 is 1. The van der Waals surface area contributed by atoms with Gasteiger partial charge in [-0.1, -0.05) is 11.8 Å². The van der Waals surface area contributed by atoms with Crippen molar-refractivity contribution in [1.29, 1.82) is 0 Å². The Labute approximate surface area is 204 Å². The van der Waals surface area contributed by atoms with Crippen LogP contribution in [-0.4, -0.2) is 83.6 Å². The maximum Gasteiger partial charge on any atom is 0.225 e. The molecule has 5 heterocycles. The second-order valence-electron chi connectivity index (χ2n) is 8.56. The Bertz CT molecular complexity index is 1170. The van der Waals surface area contributed by atoms with Gasteiger partial charge in [0.15, 0.2) is 0 Å². The Morgan fingerprint density at radius 1 is 0.886 bits per heavy atom. The SMILES string of the molecule is COC[C@H]1CN(c2ncc(C#Cc3ccc(N4CC[C@H](F)C4)nc3)cn2)CCN1c1ncccn1. The van der Waals surface area contributed by atoms with Gasteiger partial charge in [0.05, 0.1) is 24.8 Å². The second-order valence-corrected chi connectivity index (χ2v) is 8.56. The second kappa shape index (κ2) is 10.6. The summed E-state index contributed by atoms with van der Waals surface area (Å²) in [5.74, 6) is 8.34. The van der Waals surface area contributed by atoms with E-state index in [9.17, 15) is 4.39 Å². The van der Waals surface area contributed by atoms with Gasteiger partial charge in [-0.25, -0.2) is 29.3 Å². The zero-order chi connectivity index (χ0) is 24.0. The first-order chi connectivity index (χ1) is 17.2. The maximum absolute atomic E-state index is 13.4. The topological polar surface area (TPSA) is 83.4 Å². The molecule has 35 heavy (non-hydrogen) atoms. The molecule has 10 heteroatoms. The summed E-state index contributed by atoms with van der Waals surface area (Å²) in [6.45, 7) is 3.86. The van der Waals surface area contributed by atoms with Gasteiger partial charge in [0.2, 0.25) is 11.9 Å². The molecule has 0 spiro atoms. The highest BCUT2D eigenvalue weighted by atomic mass is 19.1. The lowest BCUT2D eigenvalue weighted by Crippen LogP contribution is -2.56. The standard InChI is InChI=1S/C25H27FN8O/c1-35-18-22-17-33(11-12-34(22)25-27-8-2-9-28-25)24-30-14-20(15-31-24)4-3-19-5-6-23(29-13-19)32-10-7-21(26)16-32/h2,5-6,8-9,13-15,21-22H,7,10-12,16-18H2,1H3/t21-,22+/m0/s1. The van der Waals surface area contributed by atoms with Crippen LogP contribution in [0.2, 0.25) is 0 Å².